The van der Waals surface area contributed by atoms with Crippen molar-refractivity contribution in [2.24, 2.45) is 0 Å². The summed E-state index contributed by atoms with van der Waals surface area (Å²) in [4.78, 5) is 11.3. The average molecular weight is 294 g/mol. The van der Waals surface area contributed by atoms with E-state index in [2.05, 4.69) is 29.2 Å². The van der Waals surface area contributed by atoms with Crippen LogP contribution in [0, 0.1) is 0 Å². The smallest absolute Gasteiger partial charge is 0.185 e. The second kappa shape index (κ2) is 6.41. The number of likely N-dealkylation sites (N-methyl/N-ethyl adjacent to an activating group) is 1. The van der Waals surface area contributed by atoms with Gasteiger partial charge >= 0.3 is 0 Å². The van der Waals surface area contributed by atoms with E-state index >= 15 is 0 Å². The molecule has 2 aliphatic rings. The topological polar surface area (TPSA) is 31.4 Å². The monoisotopic (exact) mass is 294 g/mol. The Morgan fingerprint density at radius 2 is 2.15 bits per heavy atom. The van der Waals surface area contributed by atoms with Crippen molar-refractivity contribution in [2.45, 2.75) is 38.1 Å². The van der Waals surface area contributed by atoms with Crippen LogP contribution in [0.15, 0.2) is 0 Å². The van der Waals surface area contributed by atoms with Gasteiger partial charge in [-0.05, 0) is 52.2 Å². The van der Waals surface area contributed by atoms with Gasteiger partial charge in [0.1, 0.15) is 0 Å². The van der Waals surface area contributed by atoms with E-state index in [1.54, 1.807) is 0 Å². The first-order valence-corrected chi connectivity index (χ1v) is 8.70. The minimum Gasteiger partial charge on any atom is -0.350 e. The van der Waals surface area contributed by atoms with Crippen LogP contribution in [0.4, 0.5) is 5.13 Å². The number of anilines is 1. The molecule has 4 nitrogen and oxygen atoms in total. The third-order valence-electron chi connectivity index (χ3n) is 4.57. The molecule has 0 radical (unpaired) electrons. The standard InChI is InChI=1S/C15H26N4S/c1-16-12-6-5-7-13-14(12)17-15(20-13)18(2)10-11-19-8-3-4-9-19/h12,16H,3-11H2,1-2H3. The predicted molar refractivity (Wildman–Crippen MR) is 85.8 cm³/mol. The Hall–Kier alpha value is -0.650. The molecular weight excluding hydrogens is 268 g/mol. The molecule has 1 N–H and O–H groups in total. The summed E-state index contributed by atoms with van der Waals surface area (Å²) >= 11 is 1.90. The Balaban J connectivity index is 1.62. The molecule has 1 aliphatic carbocycles. The molecule has 0 spiro atoms. The Bertz CT molecular complexity index is 439. The Morgan fingerprint density at radius 1 is 1.35 bits per heavy atom. The normalized spacial score (nSPS) is 23.0. The van der Waals surface area contributed by atoms with Crippen molar-refractivity contribution in [2.75, 3.05) is 45.2 Å². The second-order valence-corrected chi connectivity index (χ2v) is 7.07. The fourth-order valence-electron chi connectivity index (χ4n) is 3.24. The summed E-state index contributed by atoms with van der Waals surface area (Å²) in [7, 11) is 4.24. The zero-order valence-corrected chi connectivity index (χ0v) is 13.5. The van der Waals surface area contributed by atoms with E-state index in [9.17, 15) is 0 Å². The molecule has 0 aromatic carbocycles. The van der Waals surface area contributed by atoms with Gasteiger partial charge in [0.25, 0.3) is 0 Å². The maximum absolute atomic E-state index is 4.91. The number of hydrogen-bond acceptors (Lipinski definition) is 5. The van der Waals surface area contributed by atoms with Gasteiger partial charge in [0, 0.05) is 25.0 Å². The molecule has 1 aliphatic heterocycles. The van der Waals surface area contributed by atoms with Crippen molar-refractivity contribution in [1.29, 1.82) is 0 Å². The largest absolute Gasteiger partial charge is 0.350 e. The fraction of sp³-hybridized carbons (Fsp3) is 0.800. The van der Waals surface area contributed by atoms with E-state index in [1.807, 2.05) is 11.3 Å². The molecule has 0 bridgehead atoms. The van der Waals surface area contributed by atoms with Crippen molar-refractivity contribution in [3.8, 4) is 0 Å². The summed E-state index contributed by atoms with van der Waals surface area (Å²) in [6.07, 6.45) is 6.48. The first kappa shape index (κ1) is 14.3. The molecule has 1 saturated heterocycles. The summed E-state index contributed by atoms with van der Waals surface area (Å²) in [6.45, 7) is 4.83. The summed E-state index contributed by atoms with van der Waals surface area (Å²) in [5, 5.41) is 4.61. The molecule has 0 amide bonds. The van der Waals surface area contributed by atoms with E-state index in [1.165, 1.54) is 67.4 Å². The van der Waals surface area contributed by atoms with Crippen molar-refractivity contribution in [3.63, 3.8) is 0 Å². The van der Waals surface area contributed by atoms with Crippen LogP contribution in [-0.4, -0.2) is 50.2 Å². The van der Waals surface area contributed by atoms with Gasteiger partial charge in [-0.15, -0.1) is 11.3 Å². The molecule has 3 rings (SSSR count). The van der Waals surface area contributed by atoms with Gasteiger partial charge in [0.2, 0.25) is 0 Å². The SMILES string of the molecule is CNC1CCCc2sc(N(C)CCN3CCCC3)nc21. The summed E-state index contributed by atoms with van der Waals surface area (Å²) < 4.78 is 0. The Kier molecular flexibility index (Phi) is 4.58. The van der Waals surface area contributed by atoms with Crippen molar-refractivity contribution < 1.29 is 0 Å². The number of aromatic nitrogens is 1. The molecule has 5 heteroatoms. The zero-order valence-electron chi connectivity index (χ0n) is 12.7. The van der Waals surface area contributed by atoms with Gasteiger partial charge in [0.15, 0.2) is 5.13 Å². The molecule has 1 atom stereocenters. The van der Waals surface area contributed by atoms with E-state index < -0.39 is 0 Å². The molecular formula is C15H26N4S. The summed E-state index contributed by atoms with van der Waals surface area (Å²) in [6, 6.07) is 0.468. The third kappa shape index (κ3) is 3.00. The van der Waals surface area contributed by atoms with Crippen LogP contribution >= 0.6 is 11.3 Å². The van der Waals surface area contributed by atoms with E-state index in [4.69, 9.17) is 4.98 Å². The first-order chi connectivity index (χ1) is 9.78. The van der Waals surface area contributed by atoms with Crippen LogP contribution in [-0.2, 0) is 6.42 Å². The lowest BCUT2D eigenvalue weighted by Crippen LogP contribution is -2.31. The number of rotatable bonds is 5. The van der Waals surface area contributed by atoms with E-state index in [0.717, 1.165) is 6.54 Å². The number of aryl methyl sites for hydroxylation is 1. The van der Waals surface area contributed by atoms with E-state index in [-0.39, 0.29) is 0 Å². The average Bonchev–Trinajstić information content (AvgIpc) is 3.12. The Labute approximate surface area is 126 Å². The maximum Gasteiger partial charge on any atom is 0.185 e. The third-order valence-corrected chi connectivity index (χ3v) is 5.81. The minimum absolute atomic E-state index is 0.468. The van der Waals surface area contributed by atoms with Crippen LogP contribution in [0.3, 0.4) is 0 Å². The van der Waals surface area contributed by atoms with Gasteiger partial charge in [-0.3, -0.25) is 0 Å². The van der Waals surface area contributed by atoms with Gasteiger partial charge in [0.05, 0.1) is 11.7 Å². The highest BCUT2D eigenvalue weighted by Gasteiger charge is 2.24. The maximum atomic E-state index is 4.91. The number of fused-ring (bicyclic) bond motifs is 1. The summed E-state index contributed by atoms with van der Waals surface area (Å²) in [5.41, 5.74) is 1.31. The van der Waals surface area contributed by atoms with Crippen LogP contribution in [0.5, 0.6) is 0 Å². The molecule has 0 saturated carbocycles. The second-order valence-electron chi connectivity index (χ2n) is 6.01. The van der Waals surface area contributed by atoms with Crippen LogP contribution in [0.25, 0.3) is 0 Å². The van der Waals surface area contributed by atoms with Crippen molar-refractivity contribution >= 4 is 16.5 Å². The molecule has 1 fully saturated rings. The number of nitrogens with zero attached hydrogens (tertiary/aromatic N) is 3. The summed E-state index contributed by atoms with van der Waals surface area (Å²) in [5.74, 6) is 0. The van der Waals surface area contributed by atoms with Crippen molar-refractivity contribution in [1.82, 2.24) is 15.2 Å². The lowest BCUT2D eigenvalue weighted by molar-refractivity contribution is 0.346. The van der Waals surface area contributed by atoms with Gasteiger partial charge in [-0.1, -0.05) is 0 Å². The Morgan fingerprint density at radius 3 is 2.90 bits per heavy atom. The first-order valence-electron chi connectivity index (χ1n) is 7.88. The van der Waals surface area contributed by atoms with Crippen LogP contribution in [0.2, 0.25) is 0 Å². The highest BCUT2D eigenvalue weighted by atomic mass is 32.1. The lowest BCUT2D eigenvalue weighted by Gasteiger charge is -2.21. The molecule has 20 heavy (non-hydrogen) atoms. The molecule has 1 unspecified atom stereocenters. The van der Waals surface area contributed by atoms with Gasteiger partial charge in [-0.25, -0.2) is 4.98 Å². The van der Waals surface area contributed by atoms with Gasteiger partial charge in [-0.2, -0.15) is 0 Å². The van der Waals surface area contributed by atoms with Crippen LogP contribution < -0.4 is 10.2 Å². The highest BCUT2D eigenvalue weighted by Crippen LogP contribution is 2.36. The van der Waals surface area contributed by atoms with Crippen LogP contribution in [0.1, 0.15) is 42.3 Å². The number of hydrogen-bond donors (Lipinski definition) is 1. The lowest BCUT2D eigenvalue weighted by atomic mass is 9.98. The highest BCUT2D eigenvalue weighted by molar-refractivity contribution is 7.15. The number of thiazole rings is 1. The number of likely N-dealkylation sites (tertiary alicyclic amines) is 1. The molecule has 1 aromatic rings. The molecule has 2 heterocycles. The minimum atomic E-state index is 0.468. The quantitative estimate of drug-likeness (QED) is 0.903. The molecule has 112 valence electrons. The fourth-order valence-corrected chi connectivity index (χ4v) is 4.39. The van der Waals surface area contributed by atoms with E-state index in [0.29, 0.717) is 6.04 Å². The van der Waals surface area contributed by atoms with Crippen molar-refractivity contribution in [3.05, 3.63) is 10.6 Å². The predicted octanol–water partition coefficient (Wildman–Crippen LogP) is 2.27. The molecule has 1 aromatic heterocycles. The van der Waals surface area contributed by atoms with Gasteiger partial charge < -0.3 is 15.1 Å². The number of nitrogens with one attached hydrogen (secondary N) is 1. The zero-order chi connectivity index (χ0) is 13.9.